The lowest BCUT2D eigenvalue weighted by molar-refractivity contribution is -0.0804. The molecule has 0 aliphatic heterocycles. The first-order chi connectivity index (χ1) is 4.83. The van der Waals surface area contributed by atoms with E-state index < -0.39 is 0 Å². The van der Waals surface area contributed by atoms with E-state index in [4.69, 9.17) is 9.84 Å². The molecule has 1 saturated carbocycles. The van der Waals surface area contributed by atoms with Gasteiger partial charge >= 0.3 is 0 Å². The van der Waals surface area contributed by atoms with Gasteiger partial charge in [0.15, 0.2) is 0 Å². The second kappa shape index (κ2) is 3.35. The van der Waals surface area contributed by atoms with Crippen molar-refractivity contribution in [2.75, 3.05) is 13.7 Å². The van der Waals surface area contributed by atoms with Gasteiger partial charge in [0.25, 0.3) is 0 Å². The molecule has 0 radical (unpaired) electrons. The lowest BCUT2D eigenvalue weighted by atomic mass is 9.77. The average molecular weight is 144 g/mol. The third-order valence-corrected chi connectivity index (χ3v) is 2.49. The third-order valence-electron chi connectivity index (χ3n) is 2.49. The van der Waals surface area contributed by atoms with Crippen molar-refractivity contribution in [1.29, 1.82) is 0 Å². The van der Waals surface area contributed by atoms with Crippen LogP contribution in [0.15, 0.2) is 0 Å². The Labute approximate surface area is 62.2 Å². The molecule has 0 atom stereocenters. The summed E-state index contributed by atoms with van der Waals surface area (Å²) in [5.41, 5.74) is 0.155. The largest absolute Gasteiger partial charge is 0.396 e. The number of methoxy groups -OCH3 is 1. The second-order valence-corrected chi connectivity index (χ2v) is 3.07. The second-order valence-electron chi connectivity index (χ2n) is 3.07. The molecule has 60 valence electrons. The summed E-state index contributed by atoms with van der Waals surface area (Å²) in [5, 5.41) is 8.59. The van der Waals surface area contributed by atoms with E-state index in [1.807, 2.05) is 0 Å². The fourth-order valence-electron chi connectivity index (χ4n) is 1.53. The van der Waals surface area contributed by atoms with Gasteiger partial charge in [-0.2, -0.15) is 0 Å². The molecule has 0 aromatic heterocycles. The topological polar surface area (TPSA) is 29.5 Å². The highest BCUT2D eigenvalue weighted by Gasteiger charge is 2.35. The molecule has 2 nitrogen and oxygen atoms in total. The highest BCUT2D eigenvalue weighted by atomic mass is 16.5. The predicted molar refractivity (Wildman–Crippen MR) is 39.9 cm³/mol. The minimum Gasteiger partial charge on any atom is -0.396 e. The van der Waals surface area contributed by atoms with Crippen LogP contribution in [0.4, 0.5) is 0 Å². The van der Waals surface area contributed by atoms with Crippen molar-refractivity contribution < 1.29 is 9.84 Å². The van der Waals surface area contributed by atoms with Crippen LogP contribution < -0.4 is 0 Å². The minimum atomic E-state index is 0.155. The molecular formula is C8H16O2. The highest BCUT2D eigenvalue weighted by Crippen LogP contribution is 2.38. The summed E-state index contributed by atoms with van der Waals surface area (Å²) in [7, 11) is 1.77. The Kier molecular flexibility index (Phi) is 2.69. The van der Waals surface area contributed by atoms with Gasteiger partial charge in [0.1, 0.15) is 0 Å². The smallest absolute Gasteiger partial charge is 0.0679 e. The van der Waals surface area contributed by atoms with Crippen molar-refractivity contribution in [2.45, 2.75) is 37.7 Å². The van der Waals surface area contributed by atoms with E-state index >= 15 is 0 Å². The summed E-state index contributed by atoms with van der Waals surface area (Å²) >= 11 is 0. The number of hydrogen-bond acceptors (Lipinski definition) is 2. The van der Waals surface area contributed by atoms with Gasteiger partial charge in [-0.25, -0.2) is 0 Å². The first-order valence-electron chi connectivity index (χ1n) is 3.99. The van der Waals surface area contributed by atoms with Gasteiger partial charge in [0.2, 0.25) is 0 Å². The van der Waals surface area contributed by atoms with Crippen LogP contribution in [0.1, 0.15) is 32.1 Å². The molecule has 10 heavy (non-hydrogen) atoms. The SMILES string of the molecule is COC1(CCCO)CCC1. The predicted octanol–water partition coefficient (Wildman–Crippen LogP) is 1.33. The molecule has 1 aliphatic rings. The van der Waals surface area contributed by atoms with E-state index in [2.05, 4.69) is 0 Å². The maximum Gasteiger partial charge on any atom is 0.0679 e. The number of aliphatic hydroxyl groups is 1. The quantitative estimate of drug-likeness (QED) is 0.645. The lowest BCUT2D eigenvalue weighted by Gasteiger charge is -2.40. The fraction of sp³-hybridized carbons (Fsp3) is 1.00. The third kappa shape index (κ3) is 1.50. The van der Waals surface area contributed by atoms with Crippen molar-refractivity contribution >= 4 is 0 Å². The van der Waals surface area contributed by atoms with E-state index in [0.717, 1.165) is 12.8 Å². The minimum absolute atomic E-state index is 0.155. The van der Waals surface area contributed by atoms with E-state index in [9.17, 15) is 0 Å². The molecule has 2 heteroatoms. The van der Waals surface area contributed by atoms with Crippen LogP contribution in [0, 0.1) is 0 Å². The van der Waals surface area contributed by atoms with Crippen LogP contribution in [-0.2, 0) is 4.74 Å². The summed E-state index contributed by atoms with van der Waals surface area (Å²) < 4.78 is 5.36. The Morgan fingerprint density at radius 1 is 1.50 bits per heavy atom. The molecule has 1 N–H and O–H groups in total. The van der Waals surface area contributed by atoms with E-state index in [1.54, 1.807) is 7.11 Å². The molecule has 1 fully saturated rings. The van der Waals surface area contributed by atoms with Crippen LogP contribution in [0.5, 0.6) is 0 Å². The summed E-state index contributed by atoms with van der Waals surface area (Å²) in [6.45, 7) is 0.297. The summed E-state index contributed by atoms with van der Waals surface area (Å²) in [6, 6.07) is 0. The van der Waals surface area contributed by atoms with Crippen molar-refractivity contribution in [3.63, 3.8) is 0 Å². The first kappa shape index (κ1) is 8.02. The van der Waals surface area contributed by atoms with Gasteiger partial charge in [-0.1, -0.05) is 0 Å². The zero-order valence-corrected chi connectivity index (χ0v) is 6.60. The summed E-state index contributed by atoms with van der Waals surface area (Å²) in [5.74, 6) is 0. The van der Waals surface area contributed by atoms with Crippen LogP contribution in [0.2, 0.25) is 0 Å². The zero-order chi connectivity index (χ0) is 7.45. The summed E-state index contributed by atoms with van der Waals surface area (Å²) in [4.78, 5) is 0. The molecule has 0 saturated heterocycles. The number of ether oxygens (including phenoxy) is 1. The Morgan fingerprint density at radius 2 is 2.20 bits per heavy atom. The van der Waals surface area contributed by atoms with Crippen LogP contribution in [-0.4, -0.2) is 24.4 Å². The summed E-state index contributed by atoms with van der Waals surface area (Å²) in [6.07, 6.45) is 5.57. The standard InChI is InChI=1S/C8H16O2/c1-10-8(4-2-5-8)6-3-7-9/h9H,2-7H2,1H3. The van der Waals surface area contributed by atoms with E-state index in [-0.39, 0.29) is 5.60 Å². The van der Waals surface area contributed by atoms with Gasteiger partial charge in [-0.3, -0.25) is 0 Å². The molecule has 0 heterocycles. The fourth-order valence-corrected chi connectivity index (χ4v) is 1.53. The van der Waals surface area contributed by atoms with Crippen LogP contribution in [0.3, 0.4) is 0 Å². The monoisotopic (exact) mass is 144 g/mol. The molecule has 1 rings (SSSR count). The van der Waals surface area contributed by atoms with Gasteiger partial charge in [0, 0.05) is 13.7 Å². The number of aliphatic hydroxyl groups excluding tert-OH is 1. The van der Waals surface area contributed by atoms with Gasteiger partial charge in [-0.15, -0.1) is 0 Å². The Balaban J connectivity index is 2.20. The van der Waals surface area contributed by atoms with E-state index in [1.165, 1.54) is 19.3 Å². The van der Waals surface area contributed by atoms with Crippen molar-refractivity contribution in [3.8, 4) is 0 Å². The van der Waals surface area contributed by atoms with Crippen LogP contribution >= 0.6 is 0 Å². The molecule has 0 amide bonds. The molecule has 1 aliphatic carbocycles. The Bertz CT molecular complexity index is 91.9. The molecule has 0 spiro atoms. The maximum atomic E-state index is 8.59. The van der Waals surface area contributed by atoms with Gasteiger partial charge < -0.3 is 9.84 Å². The normalized spacial score (nSPS) is 22.2. The Hall–Kier alpha value is -0.0800. The van der Waals surface area contributed by atoms with E-state index in [0.29, 0.717) is 6.61 Å². The number of hydrogen-bond donors (Lipinski definition) is 1. The van der Waals surface area contributed by atoms with Crippen molar-refractivity contribution in [2.24, 2.45) is 0 Å². The highest BCUT2D eigenvalue weighted by molar-refractivity contribution is 4.88. The molecule has 0 aromatic rings. The van der Waals surface area contributed by atoms with Crippen LogP contribution in [0.25, 0.3) is 0 Å². The van der Waals surface area contributed by atoms with Gasteiger partial charge in [-0.05, 0) is 32.1 Å². The Morgan fingerprint density at radius 3 is 2.50 bits per heavy atom. The average Bonchev–Trinajstić information content (AvgIpc) is 1.87. The molecular weight excluding hydrogens is 128 g/mol. The van der Waals surface area contributed by atoms with Gasteiger partial charge in [0.05, 0.1) is 5.60 Å². The van der Waals surface area contributed by atoms with Crippen molar-refractivity contribution in [1.82, 2.24) is 0 Å². The molecule has 0 bridgehead atoms. The number of rotatable bonds is 4. The lowest BCUT2D eigenvalue weighted by Crippen LogP contribution is -2.39. The first-order valence-corrected chi connectivity index (χ1v) is 3.99. The molecule has 0 unspecified atom stereocenters. The van der Waals surface area contributed by atoms with Crippen molar-refractivity contribution in [3.05, 3.63) is 0 Å². The molecule has 0 aromatic carbocycles. The maximum absolute atomic E-state index is 8.59. The zero-order valence-electron chi connectivity index (χ0n) is 6.60.